The molecular weight excluding hydrogens is 3530 g/mol. The Kier molecular flexibility index (Phi) is 234. The third kappa shape index (κ3) is 156. The van der Waals surface area contributed by atoms with Crippen molar-refractivity contribution in [3.63, 3.8) is 0 Å². The van der Waals surface area contributed by atoms with Gasteiger partial charge in [-0.2, -0.15) is 37.3 Å². The van der Waals surface area contributed by atoms with Gasteiger partial charge in [0.15, 0.2) is 5.41 Å². The minimum atomic E-state index is -1.82. The summed E-state index contributed by atoms with van der Waals surface area (Å²) in [5.74, 6) is -6.05. The van der Waals surface area contributed by atoms with Gasteiger partial charge in [0.2, 0.25) is 0 Å². The number of aliphatic carboxylic acids is 4. The van der Waals surface area contributed by atoms with Crippen LogP contribution in [0, 0.1) is 12.3 Å². The Hall–Kier alpha value is 6.17. The maximum atomic E-state index is 10.4. The van der Waals surface area contributed by atoms with Crippen LogP contribution in [0.5, 0.6) is 0 Å². The summed E-state index contributed by atoms with van der Waals surface area (Å²) in [5, 5.41) is 31.7. The summed E-state index contributed by atoms with van der Waals surface area (Å²) in [6.45, 7) is 2.44. The van der Waals surface area contributed by atoms with E-state index in [0.717, 1.165) is 57.1 Å². The average Bonchev–Trinajstić information content (AvgIpc) is 0.795. The van der Waals surface area contributed by atoms with Crippen LogP contribution in [0.1, 0.15) is 141 Å². The summed E-state index contributed by atoms with van der Waals surface area (Å²) in [6, 6.07) is 17.5. The van der Waals surface area contributed by atoms with Crippen LogP contribution >= 0.6 is 151 Å². The molecule has 3 aromatic rings. The molecule has 8 rings (SSSR count). The SMILES string of the molecule is Cc1ccccn1.O=C(O)C(=O)O.O=C(O)C1(C(=O)O)CCC1.[Cl][Pt+2][Cl].[Cl][Pt+2][Cl].[Cl][Pt+2][Cl].[Cl][Pt+2][Cl].[Cl][Pt+2][Cl].[Cl][Pt+2][Cl].[Cl][Pt][Cl].[Cl][Pt][Cl].[NH-]C1CCCCC1.[NH-]C1CCCCC1.[NH-]C1CCCCC1[NH-].[NH-]C1CCCC[C@H]1[NH-].[NH-]CC[NH-].[NH2-].[NH2-].[NH2-].[NH2-].[NH2-].[NH2-].[NH2-].[NH2-].[NH2-].[Pt+2].[Pt+2].c1ccncc1.c1ccncc1. The molecule has 0 aromatic carbocycles. The molecule has 0 radical (unpaired) electrons. The van der Waals surface area contributed by atoms with Gasteiger partial charge in [-0.05, 0) is 62.6 Å². The minimum absolute atomic E-state index is 0. The van der Waals surface area contributed by atoms with E-state index in [2.05, 4.69) is 15.0 Å². The van der Waals surface area contributed by atoms with Crippen LogP contribution in [0.4, 0.5) is 0 Å². The number of hydrogen-bond acceptors (Lipinski definition) is 7. The fraction of sp³-hybridized carbons (Fsp3) is 0.620. The molecule has 0 bridgehead atoms. The summed E-state index contributed by atoms with van der Waals surface area (Å²) in [6.07, 6.45) is 31.1. The van der Waals surface area contributed by atoms with Crippen molar-refractivity contribution in [2.24, 2.45) is 5.41 Å². The Morgan fingerprint density at radius 1 is 0.394 bits per heavy atom. The molecule has 5 aliphatic carbocycles. The standard InChI is InChI=1S/2C6H12N2.C6H7N.2C6H12N.C6H8O4.2C5H5N.C2H6N2.C2H2O4.16ClH.9H2N.10Pt/c2*7-5-3-1-2-4-6(5)8;1-6-4-2-3-5-7-6;2*7-6-4-2-1-3-5-6;7-4(8)6(5(9)10)2-1-3-6;2*1-2-4-6-5-3-1;3-1-2-4;3-1(4)2(5)6;;;;;;;;;;;;;;;;;;;;;;;;;;;;;;;;;;;/h2*5-8H,1-4H2;2-5H,1H3;2*6-7H,1-5H2;1-3H2,(H,7,8)(H,9,10);2*1-5H;3-4H,1-2H2;(H,3,4)(H,5,6);16*1H;9*1H2;;;;;;;;;;/q2*-2;;2*-1;;;;-2;;;;;;;;;;;;;;;;;;9*-1;4*+2;6*+4/p-16/t5-,6?;;;;;;;;;;;;;;;;;;;;;;;;;;;;;;;;;;;;;;;;;;;;/m1............................................/s1. The van der Waals surface area contributed by atoms with E-state index in [0.29, 0.717) is 6.42 Å². The number of carbonyl (C=O) groups is 4. The summed E-state index contributed by atoms with van der Waals surface area (Å²) in [7, 11) is 78.0. The number of nitrogens with two attached hydrogens (primary N) is 9. The molecule has 3 heterocycles. The molecule has 54 heteroatoms. The molecule has 0 aliphatic heterocycles. The Morgan fingerprint density at radius 3 is 0.663 bits per heavy atom. The summed E-state index contributed by atoms with van der Waals surface area (Å²) in [5.41, 5.74) is 55.9. The van der Waals surface area contributed by atoms with Gasteiger partial charge in [-0.15, -0.1) is 12.1 Å². The van der Waals surface area contributed by atoms with Crippen LogP contribution in [-0.4, -0.2) is 109 Å². The molecule has 0 saturated heterocycles. The summed E-state index contributed by atoms with van der Waals surface area (Å²) >= 11 is -3.78. The van der Waals surface area contributed by atoms with Crippen LogP contribution in [0.2, 0.25) is 0 Å². The predicted molar refractivity (Wildman–Crippen MR) is 416 cm³/mol. The van der Waals surface area contributed by atoms with Gasteiger partial charge in [0, 0.05) is 36.7 Å². The molecule has 660 valence electrons. The topological polar surface area (TPSA) is 680 Å². The number of aromatic nitrogens is 3. The maximum absolute atomic E-state index is 10.4. The van der Waals surface area contributed by atoms with Crippen LogP contribution in [0.3, 0.4) is 0 Å². The van der Waals surface area contributed by atoms with Crippen LogP contribution in [0.25, 0.3) is 101 Å². The number of pyridine rings is 3. The van der Waals surface area contributed by atoms with Crippen molar-refractivity contribution in [3.8, 4) is 0 Å². The number of rotatable bonds is 3. The molecule has 3 aromatic heterocycles. The van der Waals surface area contributed by atoms with Gasteiger partial charge in [0.25, 0.3) is 0 Å². The number of halogens is 16. The molecule has 5 fully saturated rings. The van der Waals surface area contributed by atoms with Crippen molar-refractivity contribution in [1.29, 1.82) is 0 Å². The Balaban J connectivity index is -0.0000000372. The summed E-state index contributed by atoms with van der Waals surface area (Å²) in [4.78, 5) is 50.5. The first-order valence-corrected chi connectivity index (χ1v) is 71.0. The van der Waals surface area contributed by atoms with E-state index in [1.807, 2.05) is 61.5 Å². The third-order valence-corrected chi connectivity index (χ3v) is 11.0. The minimum Gasteiger partial charge on any atom is -0.693 e. The second-order valence-corrected chi connectivity index (χ2v) is 43.5. The van der Waals surface area contributed by atoms with Crippen LogP contribution in [0.15, 0.2) is 85.6 Å². The van der Waals surface area contributed by atoms with Gasteiger partial charge >= 0.3 is 349 Å². The fourth-order valence-electron chi connectivity index (χ4n) is 6.59. The predicted octanol–water partition coefficient (Wildman–Crippen LogP) is 31.1. The molecule has 4 atom stereocenters. The number of carboxylic acids is 4. The maximum Gasteiger partial charge on any atom is 2.00 e. The second-order valence-electron chi connectivity index (χ2n) is 17.2. The van der Waals surface area contributed by atoms with Crippen molar-refractivity contribution in [2.45, 2.75) is 178 Å². The number of carboxylic acid groups (broad SMARTS) is 4. The molecule has 3 unspecified atom stereocenters. The monoisotopic (exact) mass is 3620 g/mol. The van der Waals surface area contributed by atoms with E-state index in [1.54, 1.807) is 31.0 Å². The molecule has 0 spiro atoms. The molecule has 5 aliphatic rings. The van der Waals surface area contributed by atoms with Crippen molar-refractivity contribution in [3.05, 3.63) is 192 Å². The van der Waals surface area contributed by atoms with E-state index in [9.17, 15) is 9.59 Å². The van der Waals surface area contributed by atoms with Crippen molar-refractivity contribution in [1.82, 2.24) is 15.0 Å². The average molecular weight is 3630 g/mol. The van der Waals surface area contributed by atoms with Gasteiger partial charge in [-0.25, -0.2) is 9.59 Å². The zero-order valence-corrected chi connectivity index (χ0v) is 89.8. The zero-order chi connectivity index (χ0) is 73.8. The molecule has 5 saturated carbocycles. The first-order valence-electron chi connectivity index (χ1n) is 25.9. The van der Waals surface area contributed by atoms with Gasteiger partial charge in [-0.1, -0.05) is 134 Å². The van der Waals surface area contributed by atoms with Crippen LogP contribution < -0.4 is 0 Å². The fourth-order valence-corrected chi connectivity index (χ4v) is 6.59. The van der Waals surface area contributed by atoms with Crippen molar-refractivity contribution >= 4 is 175 Å². The third-order valence-electron chi connectivity index (χ3n) is 11.0. The quantitative estimate of drug-likeness (QED) is 0.141. The molecule has 104 heavy (non-hydrogen) atoms. The Morgan fingerprint density at radius 2 is 0.596 bits per heavy atom. The Labute approximate surface area is 780 Å². The van der Waals surface area contributed by atoms with Crippen LogP contribution in [-0.2, 0) is 193 Å². The molecule has 28 nitrogen and oxygen atoms in total. The first kappa shape index (κ1) is 165. The van der Waals surface area contributed by atoms with E-state index >= 15 is 0 Å². The van der Waals surface area contributed by atoms with Crippen molar-refractivity contribution in [2.75, 3.05) is 13.1 Å². The molecule has 30 N–H and O–H groups in total. The number of hydrogen-bond donors (Lipinski definition) is 4. The second kappa shape index (κ2) is 147. The smallest absolute Gasteiger partial charge is 0.693 e. The molecule has 0 amide bonds. The van der Waals surface area contributed by atoms with E-state index < -0.39 is 161 Å². The van der Waals surface area contributed by atoms with Gasteiger partial charge < -0.3 is 122 Å². The Bertz CT molecular complexity index is 1710. The number of nitrogens with zero attached hydrogens (tertiary/aromatic N) is 3. The molecular formula is C50H99Cl16N20O8Pt10-. The zero-order valence-electron chi connectivity index (χ0n) is 55.0. The van der Waals surface area contributed by atoms with E-state index in [1.165, 1.54) is 64.2 Å². The largest absolute Gasteiger partial charge is 2.00 e. The number of aryl methyl sites for hydroxylation is 1. The van der Waals surface area contributed by atoms with E-state index in [-0.39, 0.29) is 160 Å². The van der Waals surface area contributed by atoms with Gasteiger partial charge in [-0.3, -0.25) is 24.5 Å². The van der Waals surface area contributed by atoms with Gasteiger partial charge in [0.05, 0.1) is 0 Å². The van der Waals surface area contributed by atoms with Gasteiger partial charge in [0.1, 0.15) is 0 Å². The normalized spacial score (nSPS) is 15.5. The first-order chi connectivity index (χ1) is 44.3. The van der Waals surface area contributed by atoms with Crippen molar-refractivity contribution < 1.29 is 214 Å². The number of nitrogens with one attached hydrogen (secondary N) is 8. The summed E-state index contributed by atoms with van der Waals surface area (Å²) < 4.78 is 0. The van der Waals surface area contributed by atoms with E-state index in [4.69, 9.17) is 227 Å².